The van der Waals surface area contributed by atoms with Crippen LogP contribution in [0.4, 0.5) is 0 Å². The topological polar surface area (TPSA) is 77.4 Å². The zero-order chi connectivity index (χ0) is 11.2. The van der Waals surface area contributed by atoms with Gasteiger partial charge in [0.1, 0.15) is 0 Å². The lowest BCUT2D eigenvalue weighted by atomic mass is 10.8. The van der Waals surface area contributed by atoms with Crippen LogP contribution >= 0.6 is 0 Å². The summed E-state index contributed by atoms with van der Waals surface area (Å²) in [6.45, 7) is 0.758. The molecule has 0 rings (SSSR count). The second-order valence-corrected chi connectivity index (χ2v) is 5.08. The van der Waals surface area contributed by atoms with E-state index in [0.717, 1.165) is 0 Å². The van der Waals surface area contributed by atoms with Gasteiger partial charge in [0.25, 0.3) is 0 Å². The standard InChI is InChI=1S/C6H14O6Si3/c7-1-3-9-5-13-11-15-12-14-6-10-4-2-8/h7-8H,1-6H2. The van der Waals surface area contributed by atoms with Crippen molar-refractivity contribution in [3.63, 3.8) is 0 Å². The molecule has 0 saturated heterocycles. The third-order valence-corrected chi connectivity index (χ3v) is 3.49. The van der Waals surface area contributed by atoms with Gasteiger partial charge in [-0.2, -0.15) is 0 Å². The maximum Gasteiger partial charge on any atom is 0.409 e. The Bertz CT molecular complexity index is 107. The summed E-state index contributed by atoms with van der Waals surface area (Å²) in [7, 11) is 0.460. The maximum absolute atomic E-state index is 8.39. The Hall–Kier alpha value is 0.411. The minimum atomic E-state index is -0.00425. The molecule has 0 atom stereocenters. The van der Waals surface area contributed by atoms with Gasteiger partial charge in [-0.3, -0.25) is 0 Å². The lowest BCUT2D eigenvalue weighted by Gasteiger charge is -2.02. The molecule has 6 radical (unpaired) electrons. The van der Waals surface area contributed by atoms with Crippen LogP contribution in [-0.4, -0.2) is 78.6 Å². The van der Waals surface area contributed by atoms with Gasteiger partial charge >= 0.3 is 10.0 Å². The van der Waals surface area contributed by atoms with E-state index in [1.807, 2.05) is 0 Å². The molecule has 0 aliphatic heterocycles. The van der Waals surface area contributed by atoms with E-state index < -0.39 is 0 Å². The summed E-state index contributed by atoms with van der Waals surface area (Å²) in [6.07, 6.45) is 0.974. The first-order valence-corrected chi connectivity index (χ1v) is 7.36. The monoisotopic (exact) mass is 266 g/mol. The van der Waals surface area contributed by atoms with Gasteiger partial charge in [-0.05, 0) is 0 Å². The van der Waals surface area contributed by atoms with Gasteiger partial charge in [0.2, 0.25) is 19.5 Å². The molecule has 0 bridgehead atoms. The Balaban J connectivity index is 2.81. The smallest absolute Gasteiger partial charge is 0.409 e. The van der Waals surface area contributed by atoms with Crippen molar-refractivity contribution in [3.05, 3.63) is 0 Å². The van der Waals surface area contributed by atoms with Crippen molar-refractivity contribution in [2.24, 2.45) is 0 Å². The maximum atomic E-state index is 8.39. The van der Waals surface area contributed by atoms with E-state index >= 15 is 0 Å². The molecule has 0 saturated carbocycles. The Morgan fingerprint density at radius 3 is 1.67 bits per heavy atom. The van der Waals surface area contributed by atoms with Gasteiger partial charge < -0.3 is 27.9 Å². The van der Waals surface area contributed by atoms with E-state index in [4.69, 9.17) is 27.9 Å². The molecular formula is C6H14O6Si3. The summed E-state index contributed by atoms with van der Waals surface area (Å²) in [5.41, 5.74) is 0. The van der Waals surface area contributed by atoms with E-state index in [1.54, 1.807) is 0 Å². The van der Waals surface area contributed by atoms with Crippen LogP contribution in [0, 0.1) is 0 Å². The predicted molar refractivity (Wildman–Crippen MR) is 55.2 cm³/mol. The van der Waals surface area contributed by atoms with Crippen LogP contribution < -0.4 is 0 Å². The fourth-order valence-corrected chi connectivity index (χ4v) is 2.44. The highest BCUT2D eigenvalue weighted by Gasteiger charge is 1.97. The van der Waals surface area contributed by atoms with Crippen molar-refractivity contribution in [1.29, 1.82) is 0 Å². The zero-order valence-electron chi connectivity index (χ0n) is 8.27. The third kappa shape index (κ3) is 14.4. The molecule has 6 nitrogen and oxygen atoms in total. The van der Waals surface area contributed by atoms with Crippen LogP contribution in [0.25, 0.3) is 0 Å². The molecule has 0 unspecified atom stereocenters. The van der Waals surface area contributed by atoms with Crippen molar-refractivity contribution in [3.8, 4) is 0 Å². The molecule has 0 aromatic rings. The van der Waals surface area contributed by atoms with E-state index in [9.17, 15) is 0 Å². The number of ether oxygens (including phenoxy) is 2. The summed E-state index contributed by atoms with van der Waals surface area (Å²) in [6, 6.07) is 0. The first kappa shape index (κ1) is 15.4. The molecule has 2 N–H and O–H groups in total. The lowest BCUT2D eigenvalue weighted by Crippen LogP contribution is -2.18. The average molecular weight is 266 g/mol. The van der Waals surface area contributed by atoms with E-state index in [2.05, 4.69) is 0 Å². The fraction of sp³-hybridized carbons (Fsp3) is 1.00. The van der Waals surface area contributed by atoms with Gasteiger partial charge in [0.15, 0.2) is 0 Å². The van der Waals surface area contributed by atoms with Crippen LogP contribution in [0.15, 0.2) is 0 Å². The molecule has 0 spiro atoms. The highest BCUT2D eigenvalue weighted by atomic mass is 28.4. The first-order valence-electron chi connectivity index (χ1n) is 4.31. The summed E-state index contributed by atoms with van der Waals surface area (Å²) in [5.74, 6) is 0. The second-order valence-electron chi connectivity index (χ2n) is 2.13. The fourth-order valence-electron chi connectivity index (χ4n) is 0.495. The molecule has 0 heterocycles. The van der Waals surface area contributed by atoms with Crippen molar-refractivity contribution in [1.82, 2.24) is 0 Å². The second kappa shape index (κ2) is 14.4. The summed E-state index contributed by atoms with van der Waals surface area (Å²) >= 11 is 0. The van der Waals surface area contributed by atoms with Gasteiger partial charge in [0, 0.05) is 0 Å². The first-order chi connectivity index (χ1) is 7.41. The molecule has 15 heavy (non-hydrogen) atoms. The quantitative estimate of drug-likeness (QED) is 0.306. The van der Waals surface area contributed by atoms with Crippen LogP contribution in [0.1, 0.15) is 0 Å². The third-order valence-electron chi connectivity index (χ3n) is 1.02. The molecule has 0 aromatic carbocycles. The SMILES string of the molecule is OCCOC[Si]O[Si]O[Si]COCCO. The van der Waals surface area contributed by atoms with Crippen LogP contribution in [0.2, 0.25) is 0 Å². The number of hydrogen-bond donors (Lipinski definition) is 2. The number of aliphatic hydroxyl groups excluding tert-OH is 2. The Labute approximate surface area is 96.8 Å². The van der Waals surface area contributed by atoms with Gasteiger partial charge in [-0.15, -0.1) is 0 Å². The summed E-state index contributed by atoms with van der Waals surface area (Å²) in [5, 5.41) is 16.8. The van der Waals surface area contributed by atoms with Gasteiger partial charge in [-0.25, -0.2) is 0 Å². The molecule has 0 fully saturated rings. The molecule has 0 aliphatic carbocycles. The average Bonchev–Trinajstić information content (AvgIpc) is 2.26. The highest BCUT2D eigenvalue weighted by molar-refractivity contribution is 6.45. The number of hydrogen-bond acceptors (Lipinski definition) is 6. The van der Waals surface area contributed by atoms with Gasteiger partial charge in [0.05, 0.1) is 38.9 Å². The van der Waals surface area contributed by atoms with Crippen molar-refractivity contribution >= 4 is 29.5 Å². The largest absolute Gasteiger partial charge is 0.433 e. The van der Waals surface area contributed by atoms with Gasteiger partial charge in [-0.1, -0.05) is 0 Å². The highest BCUT2D eigenvalue weighted by Crippen LogP contribution is 1.76. The van der Waals surface area contributed by atoms with Crippen LogP contribution in [0.3, 0.4) is 0 Å². The number of rotatable bonds is 12. The van der Waals surface area contributed by atoms with Crippen LogP contribution in [0.5, 0.6) is 0 Å². The van der Waals surface area contributed by atoms with E-state index in [1.165, 1.54) is 0 Å². The van der Waals surface area contributed by atoms with E-state index in [-0.39, 0.29) is 42.7 Å². The Morgan fingerprint density at radius 2 is 1.27 bits per heavy atom. The van der Waals surface area contributed by atoms with Crippen molar-refractivity contribution < 1.29 is 27.9 Å². The normalized spacial score (nSPS) is 10.8. The van der Waals surface area contributed by atoms with E-state index in [0.29, 0.717) is 25.7 Å². The Kier molecular flexibility index (Phi) is 14.8. The molecule has 86 valence electrons. The minimum absolute atomic E-state index is 0.00425. The zero-order valence-corrected chi connectivity index (χ0v) is 11.3. The molecule has 0 aromatic heterocycles. The molecule has 0 amide bonds. The lowest BCUT2D eigenvalue weighted by molar-refractivity contribution is 0.117. The van der Waals surface area contributed by atoms with Crippen molar-refractivity contribution in [2.45, 2.75) is 0 Å². The Morgan fingerprint density at radius 1 is 0.800 bits per heavy atom. The molecular weight excluding hydrogens is 252 g/mol. The number of aliphatic hydroxyl groups is 2. The summed E-state index contributed by atoms with van der Waals surface area (Å²) < 4.78 is 20.2. The minimum Gasteiger partial charge on any atom is -0.433 e. The van der Waals surface area contributed by atoms with Crippen LogP contribution in [-0.2, 0) is 17.7 Å². The van der Waals surface area contributed by atoms with Crippen molar-refractivity contribution in [2.75, 3.05) is 38.9 Å². The molecule has 0 aliphatic rings. The predicted octanol–water partition coefficient (Wildman–Crippen LogP) is -2.27. The summed E-state index contributed by atoms with van der Waals surface area (Å²) in [4.78, 5) is 0. The molecule has 9 heteroatoms.